The number of carbonyl (C=O) groups is 1. The topological polar surface area (TPSA) is 42.4 Å². The summed E-state index contributed by atoms with van der Waals surface area (Å²) in [7, 11) is 1.74. The van der Waals surface area contributed by atoms with E-state index in [4.69, 9.17) is 16.3 Å². The number of benzene rings is 2. The van der Waals surface area contributed by atoms with Crippen LogP contribution in [-0.2, 0) is 6.61 Å². The summed E-state index contributed by atoms with van der Waals surface area (Å²) in [5, 5.41) is 2.79. The maximum Gasteiger partial charge on any atom is 0.273 e. The molecule has 0 atom stereocenters. The highest BCUT2D eigenvalue weighted by atomic mass is 35.5. The van der Waals surface area contributed by atoms with Gasteiger partial charge in [-0.15, -0.1) is 11.3 Å². The molecule has 7 heteroatoms. The molecule has 1 heterocycles. The van der Waals surface area contributed by atoms with Crippen LogP contribution in [0.25, 0.3) is 10.6 Å². The highest BCUT2D eigenvalue weighted by molar-refractivity contribution is 7.13. The van der Waals surface area contributed by atoms with Crippen molar-refractivity contribution in [3.63, 3.8) is 0 Å². The van der Waals surface area contributed by atoms with E-state index in [2.05, 4.69) is 4.98 Å². The van der Waals surface area contributed by atoms with Gasteiger partial charge < -0.3 is 9.64 Å². The van der Waals surface area contributed by atoms with E-state index in [0.717, 1.165) is 10.6 Å². The smallest absolute Gasteiger partial charge is 0.273 e. The number of hydrogen-bond donors (Lipinski definition) is 0. The standard InChI is InChI=1S/C20H18ClFN2O2S/c1-3-24(2)20(25)18-12-27-19(23-18)13-6-4-7-14(10-13)26-11-15-16(21)8-5-9-17(15)22/h4-10,12H,3,11H2,1-2H3. The molecule has 1 aromatic heterocycles. The van der Waals surface area contributed by atoms with Gasteiger partial charge in [0.25, 0.3) is 5.91 Å². The largest absolute Gasteiger partial charge is 0.489 e. The van der Waals surface area contributed by atoms with Crippen LogP contribution in [0.4, 0.5) is 4.39 Å². The van der Waals surface area contributed by atoms with Crippen molar-refractivity contribution in [3.05, 3.63) is 69.9 Å². The minimum absolute atomic E-state index is 0.0257. The molecule has 2 aromatic carbocycles. The molecule has 27 heavy (non-hydrogen) atoms. The summed E-state index contributed by atoms with van der Waals surface area (Å²) in [6.07, 6.45) is 0. The van der Waals surface area contributed by atoms with Crippen LogP contribution in [0.5, 0.6) is 5.75 Å². The van der Waals surface area contributed by atoms with Crippen LogP contribution in [0.2, 0.25) is 5.02 Å². The summed E-state index contributed by atoms with van der Waals surface area (Å²) in [6.45, 7) is 2.55. The average Bonchev–Trinajstić information content (AvgIpc) is 3.17. The number of rotatable bonds is 6. The summed E-state index contributed by atoms with van der Waals surface area (Å²) in [4.78, 5) is 18.2. The molecule has 1 amide bonds. The first-order valence-electron chi connectivity index (χ1n) is 8.36. The van der Waals surface area contributed by atoms with Crippen molar-refractivity contribution in [2.24, 2.45) is 0 Å². The van der Waals surface area contributed by atoms with Gasteiger partial charge in [-0.3, -0.25) is 4.79 Å². The van der Waals surface area contributed by atoms with Crippen molar-refractivity contribution < 1.29 is 13.9 Å². The normalized spacial score (nSPS) is 10.7. The van der Waals surface area contributed by atoms with Gasteiger partial charge in [-0.1, -0.05) is 29.8 Å². The molecule has 0 saturated carbocycles. The highest BCUT2D eigenvalue weighted by Crippen LogP contribution is 2.28. The second kappa shape index (κ2) is 8.50. The Labute approximate surface area is 166 Å². The molecule has 0 saturated heterocycles. The lowest BCUT2D eigenvalue weighted by Gasteiger charge is -2.12. The van der Waals surface area contributed by atoms with Crippen LogP contribution in [0, 0.1) is 5.82 Å². The van der Waals surface area contributed by atoms with Crippen molar-refractivity contribution in [3.8, 4) is 16.3 Å². The Bertz CT molecular complexity index is 940. The summed E-state index contributed by atoms with van der Waals surface area (Å²) in [6, 6.07) is 11.8. The van der Waals surface area contributed by atoms with Gasteiger partial charge in [0.1, 0.15) is 28.9 Å². The molecular formula is C20H18ClFN2O2S. The van der Waals surface area contributed by atoms with Crippen molar-refractivity contribution in [1.29, 1.82) is 0 Å². The third-order valence-corrected chi connectivity index (χ3v) is 5.32. The molecule has 0 spiro atoms. The molecule has 3 rings (SSSR count). The van der Waals surface area contributed by atoms with E-state index in [-0.39, 0.29) is 12.5 Å². The molecule has 0 aliphatic carbocycles. The SMILES string of the molecule is CCN(C)C(=O)c1csc(-c2cccc(OCc3c(F)cccc3Cl)c2)n1. The molecule has 0 bridgehead atoms. The Kier molecular flexibility index (Phi) is 6.08. The van der Waals surface area contributed by atoms with Crippen LogP contribution >= 0.6 is 22.9 Å². The van der Waals surface area contributed by atoms with Crippen molar-refractivity contribution >= 4 is 28.8 Å². The lowest BCUT2D eigenvalue weighted by Crippen LogP contribution is -2.26. The molecular weight excluding hydrogens is 387 g/mol. The zero-order chi connectivity index (χ0) is 19.4. The van der Waals surface area contributed by atoms with Gasteiger partial charge in [-0.05, 0) is 31.2 Å². The lowest BCUT2D eigenvalue weighted by atomic mass is 10.2. The third kappa shape index (κ3) is 4.46. The minimum atomic E-state index is -0.401. The molecule has 140 valence electrons. The fourth-order valence-corrected chi connectivity index (χ4v) is 3.40. The van der Waals surface area contributed by atoms with Gasteiger partial charge in [0.05, 0.1) is 5.02 Å². The molecule has 4 nitrogen and oxygen atoms in total. The predicted molar refractivity (Wildman–Crippen MR) is 106 cm³/mol. The number of halogens is 2. The third-order valence-electron chi connectivity index (χ3n) is 4.07. The van der Waals surface area contributed by atoms with Gasteiger partial charge in [0, 0.05) is 30.1 Å². The van der Waals surface area contributed by atoms with E-state index in [0.29, 0.717) is 28.6 Å². The zero-order valence-electron chi connectivity index (χ0n) is 14.9. The molecule has 0 radical (unpaired) electrons. The summed E-state index contributed by atoms with van der Waals surface area (Å²) >= 11 is 7.42. The van der Waals surface area contributed by atoms with E-state index in [1.807, 2.05) is 25.1 Å². The van der Waals surface area contributed by atoms with Gasteiger partial charge in [0.15, 0.2) is 0 Å². The van der Waals surface area contributed by atoms with E-state index in [1.165, 1.54) is 17.4 Å². The van der Waals surface area contributed by atoms with Crippen LogP contribution in [0.15, 0.2) is 47.8 Å². The average molecular weight is 405 g/mol. The first-order valence-corrected chi connectivity index (χ1v) is 9.62. The molecule has 0 aliphatic rings. The maximum atomic E-state index is 13.9. The number of aromatic nitrogens is 1. The Morgan fingerprint density at radius 1 is 1.30 bits per heavy atom. The summed E-state index contributed by atoms with van der Waals surface area (Å²) in [5.41, 5.74) is 1.56. The maximum absolute atomic E-state index is 13.9. The van der Waals surface area contributed by atoms with E-state index < -0.39 is 5.82 Å². The molecule has 0 aliphatic heterocycles. The second-order valence-electron chi connectivity index (χ2n) is 5.87. The highest BCUT2D eigenvalue weighted by Gasteiger charge is 2.15. The molecule has 3 aromatic rings. The number of nitrogens with zero attached hydrogens (tertiary/aromatic N) is 2. The lowest BCUT2D eigenvalue weighted by molar-refractivity contribution is 0.0797. The predicted octanol–water partition coefficient (Wildman–Crippen LogP) is 5.27. The number of carbonyl (C=O) groups excluding carboxylic acids is 1. The van der Waals surface area contributed by atoms with E-state index >= 15 is 0 Å². The Morgan fingerprint density at radius 2 is 2.07 bits per heavy atom. The van der Waals surface area contributed by atoms with Gasteiger partial charge in [-0.2, -0.15) is 0 Å². The number of hydrogen-bond acceptors (Lipinski definition) is 4. The van der Waals surface area contributed by atoms with Crippen LogP contribution in [-0.4, -0.2) is 29.4 Å². The fourth-order valence-electron chi connectivity index (χ4n) is 2.39. The van der Waals surface area contributed by atoms with Crippen LogP contribution < -0.4 is 4.74 Å². The molecule has 0 N–H and O–H groups in total. The van der Waals surface area contributed by atoms with Crippen molar-refractivity contribution in [2.75, 3.05) is 13.6 Å². The van der Waals surface area contributed by atoms with Gasteiger partial charge >= 0.3 is 0 Å². The first-order chi connectivity index (χ1) is 13.0. The van der Waals surface area contributed by atoms with E-state index in [1.54, 1.807) is 35.5 Å². The minimum Gasteiger partial charge on any atom is -0.489 e. The van der Waals surface area contributed by atoms with Gasteiger partial charge in [0.2, 0.25) is 0 Å². The van der Waals surface area contributed by atoms with E-state index in [9.17, 15) is 9.18 Å². The molecule has 0 fully saturated rings. The number of thiazole rings is 1. The Hall–Kier alpha value is -2.44. The van der Waals surface area contributed by atoms with Crippen molar-refractivity contribution in [1.82, 2.24) is 9.88 Å². The van der Waals surface area contributed by atoms with Crippen LogP contribution in [0.3, 0.4) is 0 Å². The Morgan fingerprint density at radius 3 is 2.81 bits per heavy atom. The fraction of sp³-hybridized carbons (Fsp3) is 0.200. The molecule has 0 unspecified atom stereocenters. The number of amides is 1. The quantitative estimate of drug-likeness (QED) is 0.561. The zero-order valence-corrected chi connectivity index (χ0v) is 16.5. The monoisotopic (exact) mass is 404 g/mol. The second-order valence-corrected chi connectivity index (χ2v) is 7.14. The van der Waals surface area contributed by atoms with Gasteiger partial charge in [-0.25, -0.2) is 9.37 Å². The van der Waals surface area contributed by atoms with Crippen molar-refractivity contribution in [2.45, 2.75) is 13.5 Å². The first kappa shape index (κ1) is 19.3. The number of ether oxygens (including phenoxy) is 1. The van der Waals surface area contributed by atoms with Crippen LogP contribution in [0.1, 0.15) is 23.0 Å². The summed E-state index contributed by atoms with van der Waals surface area (Å²) in [5.74, 6) is 0.0592. The Balaban J connectivity index is 1.76. The summed E-state index contributed by atoms with van der Waals surface area (Å²) < 4.78 is 19.6.